The van der Waals surface area contributed by atoms with Crippen LogP contribution in [0.5, 0.6) is 0 Å². The van der Waals surface area contributed by atoms with E-state index in [1.807, 2.05) is 0 Å². The van der Waals surface area contributed by atoms with Gasteiger partial charge < -0.3 is 19.6 Å². The van der Waals surface area contributed by atoms with E-state index in [1.54, 1.807) is 20.8 Å². The zero-order chi connectivity index (χ0) is 28.4. The summed E-state index contributed by atoms with van der Waals surface area (Å²) in [6, 6.07) is -0.128. The van der Waals surface area contributed by atoms with Crippen molar-refractivity contribution in [1.82, 2.24) is 9.80 Å². The van der Waals surface area contributed by atoms with Crippen LogP contribution in [0, 0.1) is 10.1 Å². The van der Waals surface area contributed by atoms with Gasteiger partial charge >= 0.3 is 18.2 Å². The number of amides is 2. The van der Waals surface area contributed by atoms with Gasteiger partial charge in [-0.25, -0.2) is 4.79 Å². The van der Waals surface area contributed by atoms with Crippen LogP contribution in [0.15, 0.2) is 17.0 Å². The monoisotopic (exact) mass is 561 g/mol. The Labute approximate surface area is 221 Å². The summed E-state index contributed by atoms with van der Waals surface area (Å²) in [7, 11) is 0. The Balaban J connectivity index is 2.10. The number of hydrogen-bond donors (Lipinski definition) is 1. The van der Waals surface area contributed by atoms with Crippen LogP contribution in [-0.4, -0.2) is 74.3 Å². The smallest absolute Gasteiger partial charge is 0.417 e. The summed E-state index contributed by atoms with van der Waals surface area (Å²) in [6.07, 6.45) is -4.27. The summed E-state index contributed by atoms with van der Waals surface area (Å²) in [5, 5.41) is 21.3. The van der Waals surface area contributed by atoms with Gasteiger partial charge in [0.25, 0.3) is 11.6 Å². The third kappa shape index (κ3) is 6.00. The number of rotatable bonds is 8. The van der Waals surface area contributed by atoms with Gasteiger partial charge in [0.2, 0.25) is 0 Å². The number of likely N-dealkylation sites (tertiary alicyclic amines) is 1. The maximum Gasteiger partial charge on any atom is 0.417 e. The normalized spacial score (nSPS) is 19.0. The molecule has 2 aliphatic rings. The Kier molecular flexibility index (Phi) is 8.84. The molecule has 14 heteroatoms. The fourth-order valence-corrected chi connectivity index (χ4v) is 6.31. The average molecular weight is 562 g/mol. The third-order valence-corrected chi connectivity index (χ3v) is 8.31. The molecule has 1 atom stereocenters. The lowest BCUT2D eigenvalue weighted by molar-refractivity contribution is -0.387. The zero-order valence-corrected chi connectivity index (χ0v) is 22.1. The molecule has 1 aromatic carbocycles. The quantitative estimate of drug-likeness (QED) is 0.261. The standard InChI is InChI=1S/C24H30F3N3O7S/c1-4-37-21(32)23(8-6-9-23)38-19-12-17(24(25,26)27)16(11-18(19)30(35)36)20(31)29(14(2)3)15-7-5-10-28(13-15)22(33)34/h11-12,14-15H,4-10,13H2,1-3H3,(H,33,34)/t15-/m1/s1. The topological polar surface area (TPSA) is 130 Å². The van der Waals surface area contributed by atoms with Crippen LogP contribution in [0.4, 0.5) is 23.7 Å². The summed E-state index contributed by atoms with van der Waals surface area (Å²) in [4.78, 5) is 50.6. The first-order chi connectivity index (χ1) is 17.7. The highest BCUT2D eigenvalue weighted by Gasteiger charge is 2.49. The molecule has 1 aromatic rings. The number of nitro groups is 1. The number of benzene rings is 1. The third-order valence-electron chi connectivity index (χ3n) is 6.80. The maximum atomic E-state index is 14.3. The molecule has 1 heterocycles. The fourth-order valence-electron chi connectivity index (χ4n) is 4.84. The van der Waals surface area contributed by atoms with E-state index < -0.39 is 62.7 Å². The lowest BCUT2D eigenvalue weighted by Gasteiger charge is -2.41. The molecule has 10 nitrogen and oxygen atoms in total. The first-order valence-corrected chi connectivity index (χ1v) is 13.1. The lowest BCUT2D eigenvalue weighted by atomic mass is 9.84. The van der Waals surface area contributed by atoms with Crippen LogP contribution >= 0.6 is 11.8 Å². The highest BCUT2D eigenvalue weighted by Crippen LogP contribution is 2.52. The van der Waals surface area contributed by atoms with Crippen molar-refractivity contribution in [3.05, 3.63) is 33.4 Å². The van der Waals surface area contributed by atoms with E-state index in [4.69, 9.17) is 4.74 Å². The van der Waals surface area contributed by atoms with Crippen LogP contribution in [0.2, 0.25) is 0 Å². The SMILES string of the molecule is CCOC(=O)C1(Sc2cc(C(F)(F)F)c(C(=O)N(C(C)C)[C@@H]3CCCN(C(=O)O)C3)cc2[N+](=O)[O-])CCC1. The van der Waals surface area contributed by atoms with Gasteiger partial charge in [0.1, 0.15) is 4.75 Å². The Bertz CT molecular complexity index is 1110. The molecule has 38 heavy (non-hydrogen) atoms. The molecule has 0 unspecified atom stereocenters. The van der Waals surface area contributed by atoms with Crippen LogP contribution in [0.3, 0.4) is 0 Å². The number of carbonyl (C=O) groups is 3. The Hall–Kier alpha value is -3.03. The number of carbonyl (C=O) groups excluding carboxylic acids is 2. The number of thioether (sulfide) groups is 1. The largest absolute Gasteiger partial charge is 0.465 e. The van der Waals surface area contributed by atoms with Crippen LogP contribution in [0.1, 0.15) is 68.8 Å². The van der Waals surface area contributed by atoms with Gasteiger partial charge in [-0.3, -0.25) is 19.7 Å². The van der Waals surface area contributed by atoms with E-state index in [9.17, 15) is 42.8 Å². The maximum absolute atomic E-state index is 14.3. The molecule has 1 aliphatic heterocycles. The number of carboxylic acid groups (broad SMARTS) is 1. The predicted octanol–water partition coefficient (Wildman–Crippen LogP) is 5.18. The van der Waals surface area contributed by atoms with Crippen molar-refractivity contribution in [2.75, 3.05) is 19.7 Å². The minimum Gasteiger partial charge on any atom is -0.465 e. The molecular weight excluding hydrogens is 531 g/mol. The van der Waals surface area contributed by atoms with Crippen molar-refractivity contribution in [3.8, 4) is 0 Å². The first kappa shape index (κ1) is 29.5. The molecule has 2 fully saturated rings. The molecule has 1 saturated carbocycles. The molecule has 0 aromatic heterocycles. The summed E-state index contributed by atoms with van der Waals surface area (Å²) in [5.74, 6) is -1.72. The van der Waals surface area contributed by atoms with Gasteiger partial charge in [-0.2, -0.15) is 13.2 Å². The second kappa shape index (κ2) is 11.4. The van der Waals surface area contributed by atoms with Crippen molar-refractivity contribution >= 4 is 35.4 Å². The molecular formula is C24H30F3N3O7S. The van der Waals surface area contributed by atoms with E-state index in [0.29, 0.717) is 56.0 Å². The number of halogens is 3. The van der Waals surface area contributed by atoms with Crippen molar-refractivity contribution in [2.24, 2.45) is 0 Å². The Morgan fingerprint density at radius 1 is 1.29 bits per heavy atom. The average Bonchev–Trinajstić information content (AvgIpc) is 2.80. The Morgan fingerprint density at radius 3 is 2.42 bits per heavy atom. The molecule has 0 spiro atoms. The molecule has 1 saturated heterocycles. The minimum atomic E-state index is -5.03. The van der Waals surface area contributed by atoms with Gasteiger partial charge in [-0.1, -0.05) is 0 Å². The molecule has 1 N–H and O–H groups in total. The number of ether oxygens (including phenoxy) is 1. The molecule has 3 rings (SSSR count). The van der Waals surface area contributed by atoms with Crippen molar-refractivity contribution < 1.29 is 42.3 Å². The number of esters is 1. The van der Waals surface area contributed by atoms with Gasteiger partial charge in [-0.15, -0.1) is 11.8 Å². The van der Waals surface area contributed by atoms with Gasteiger partial charge in [0.05, 0.1) is 33.6 Å². The predicted molar refractivity (Wildman–Crippen MR) is 131 cm³/mol. The number of nitrogens with zero attached hydrogens (tertiary/aromatic N) is 3. The summed E-state index contributed by atoms with van der Waals surface area (Å²) >= 11 is 0.665. The molecule has 2 amide bonds. The fraction of sp³-hybridized carbons (Fsp3) is 0.625. The van der Waals surface area contributed by atoms with E-state index in [0.717, 1.165) is 4.90 Å². The number of hydrogen-bond acceptors (Lipinski definition) is 7. The van der Waals surface area contributed by atoms with E-state index in [1.165, 1.54) is 4.90 Å². The molecule has 1 aliphatic carbocycles. The molecule has 0 bridgehead atoms. The Morgan fingerprint density at radius 2 is 1.95 bits per heavy atom. The summed E-state index contributed by atoms with van der Waals surface area (Å²) in [6.45, 7) is 4.96. The van der Waals surface area contributed by atoms with Crippen LogP contribution in [0.25, 0.3) is 0 Å². The number of alkyl halides is 3. The minimum absolute atomic E-state index is 0.0516. The molecule has 0 radical (unpaired) electrons. The van der Waals surface area contributed by atoms with Gasteiger partial charge in [0, 0.05) is 25.2 Å². The zero-order valence-electron chi connectivity index (χ0n) is 21.2. The first-order valence-electron chi connectivity index (χ1n) is 12.3. The van der Waals surface area contributed by atoms with Gasteiger partial charge in [-0.05, 0) is 58.9 Å². The second-order valence-corrected chi connectivity index (χ2v) is 11.0. The lowest BCUT2D eigenvalue weighted by Crippen LogP contribution is -2.54. The number of nitro benzene ring substituents is 1. The van der Waals surface area contributed by atoms with Crippen LogP contribution in [-0.2, 0) is 15.7 Å². The van der Waals surface area contributed by atoms with Crippen LogP contribution < -0.4 is 0 Å². The van der Waals surface area contributed by atoms with Crippen molar-refractivity contribution in [3.63, 3.8) is 0 Å². The second-order valence-electron chi connectivity index (χ2n) is 9.62. The highest BCUT2D eigenvalue weighted by atomic mass is 32.2. The van der Waals surface area contributed by atoms with E-state index in [-0.39, 0.29) is 24.6 Å². The highest BCUT2D eigenvalue weighted by molar-refractivity contribution is 8.01. The van der Waals surface area contributed by atoms with Crippen molar-refractivity contribution in [1.29, 1.82) is 0 Å². The van der Waals surface area contributed by atoms with Gasteiger partial charge in [0.15, 0.2) is 0 Å². The van der Waals surface area contributed by atoms with E-state index >= 15 is 0 Å². The molecule has 210 valence electrons. The number of piperidine rings is 1. The summed E-state index contributed by atoms with van der Waals surface area (Å²) < 4.78 is 46.7. The van der Waals surface area contributed by atoms with Crippen molar-refractivity contribution in [2.45, 2.75) is 80.8 Å². The summed E-state index contributed by atoms with van der Waals surface area (Å²) in [5.41, 5.74) is -2.97. The van der Waals surface area contributed by atoms with E-state index in [2.05, 4.69) is 0 Å².